The fraction of sp³-hybridized carbons (Fsp3) is 0.400. The second kappa shape index (κ2) is 5.98. The smallest absolute Gasteiger partial charge is 0.180 e. The molecule has 15 heavy (non-hydrogen) atoms. The molecule has 0 aliphatic rings. The summed E-state index contributed by atoms with van der Waals surface area (Å²) in [6, 6.07) is 6.59. The van der Waals surface area contributed by atoms with Gasteiger partial charge < -0.3 is 5.73 Å². The second-order valence-corrected chi connectivity index (χ2v) is 5.29. The van der Waals surface area contributed by atoms with E-state index in [0.29, 0.717) is 12.1 Å². The number of halogens is 1. The lowest BCUT2D eigenvalue weighted by Crippen LogP contribution is -2.08. The van der Waals surface area contributed by atoms with Crippen molar-refractivity contribution >= 4 is 27.9 Å². The quantitative estimate of drug-likeness (QED) is 0.833. The molecule has 0 heterocycles. The Balaban J connectivity index is 0.00000196. The van der Waals surface area contributed by atoms with Crippen LogP contribution in [0.25, 0.3) is 0 Å². The van der Waals surface area contributed by atoms with Gasteiger partial charge in [0, 0.05) is 0 Å². The molecule has 0 amide bonds. The molecular weight excluding hydrogens is 234 g/mol. The second-order valence-electron chi connectivity index (χ2n) is 3.21. The molecule has 0 spiro atoms. The molecule has 0 aliphatic carbocycles. The molecule has 1 aromatic rings. The molecule has 0 radical (unpaired) electrons. The van der Waals surface area contributed by atoms with Crippen LogP contribution in [0.4, 0.5) is 5.69 Å². The Bertz CT molecular complexity index is 404. The number of para-hydroxylation sites is 1. The molecule has 0 fully saturated rings. The first-order valence-electron chi connectivity index (χ1n) is 4.65. The number of nitrogen functional groups attached to an aromatic ring is 1. The van der Waals surface area contributed by atoms with Crippen molar-refractivity contribution in [1.29, 1.82) is 0 Å². The van der Waals surface area contributed by atoms with Gasteiger partial charge in [0.25, 0.3) is 0 Å². The van der Waals surface area contributed by atoms with E-state index in [-0.39, 0.29) is 23.1 Å². The lowest BCUT2D eigenvalue weighted by Gasteiger charge is -2.05. The fourth-order valence-electron chi connectivity index (χ4n) is 1.21. The molecule has 0 unspecified atom stereocenters. The van der Waals surface area contributed by atoms with Crippen molar-refractivity contribution in [3.05, 3.63) is 24.3 Å². The molecular formula is C10H16ClNO2S. The van der Waals surface area contributed by atoms with E-state index in [9.17, 15) is 8.42 Å². The lowest BCUT2D eigenvalue weighted by molar-refractivity contribution is 0.593. The van der Waals surface area contributed by atoms with Crippen molar-refractivity contribution < 1.29 is 8.42 Å². The van der Waals surface area contributed by atoms with Gasteiger partial charge in [0.15, 0.2) is 9.84 Å². The van der Waals surface area contributed by atoms with Crippen LogP contribution in [0.5, 0.6) is 0 Å². The van der Waals surface area contributed by atoms with E-state index in [1.807, 2.05) is 6.92 Å². The van der Waals surface area contributed by atoms with E-state index in [1.54, 1.807) is 24.3 Å². The van der Waals surface area contributed by atoms with Crippen LogP contribution < -0.4 is 5.73 Å². The first-order chi connectivity index (χ1) is 6.58. The van der Waals surface area contributed by atoms with E-state index in [1.165, 1.54) is 0 Å². The molecule has 1 rings (SSSR count). The van der Waals surface area contributed by atoms with E-state index >= 15 is 0 Å². The number of hydrogen-bond donors (Lipinski definition) is 1. The summed E-state index contributed by atoms with van der Waals surface area (Å²) in [5, 5.41) is 0. The van der Waals surface area contributed by atoms with Gasteiger partial charge >= 0.3 is 0 Å². The number of unbranched alkanes of at least 4 members (excludes halogenated alkanes) is 1. The van der Waals surface area contributed by atoms with Crippen LogP contribution in [0.3, 0.4) is 0 Å². The van der Waals surface area contributed by atoms with Crippen LogP contribution in [0.1, 0.15) is 19.8 Å². The molecule has 1 aromatic carbocycles. The molecule has 5 heteroatoms. The Morgan fingerprint density at radius 2 is 1.87 bits per heavy atom. The highest BCUT2D eigenvalue weighted by molar-refractivity contribution is 7.91. The highest BCUT2D eigenvalue weighted by Gasteiger charge is 2.15. The lowest BCUT2D eigenvalue weighted by atomic mass is 10.3. The van der Waals surface area contributed by atoms with Gasteiger partial charge in [-0.15, -0.1) is 12.4 Å². The van der Waals surface area contributed by atoms with Crippen LogP contribution in [0.2, 0.25) is 0 Å². The predicted molar refractivity (Wildman–Crippen MR) is 65.1 cm³/mol. The zero-order valence-corrected chi connectivity index (χ0v) is 10.3. The molecule has 2 N–H and O–H groups in total. The Kier molecular flexibility index (Phi) is 5.68. The zero-order valence-electron chi connectivity index (χ0n) is 8.64. The number of nitrogens with two attached hydrogens (primary N) is 1. The molecule has 0 aliphatic heterocycles. The number of sulfone groups is 1. The topological polar surface area (TPSA) is 60.2 Å². The van der Waals surface area contributed by atoms with Gasteiger partial charge in [0.1, 0.15) is 0 Å². The molecule has 0 saturated heterocycles. The third-order valence-electron chi connectivity index (χ3n) is 2.02. The monoisotopic (exact) mass is 249 g/mol. The Hall–Kier alpha value is -0.740. The van der Waals surface area contributed by atoms with Crippen molar-refractivity contribution in [3.63, 3.8) is 0 Å². The standard InChI is InChI=1S/C10H15NO2S.ClH/c1-2-3-8-14(12,13)10-7-5-4-6-9(10)11;/h4-7H,2-3,8,11H2,1H3;1H. The van der Waals surface area contributed by atoms with Gasteiger partial charge in [-0.25, -0.2) is 8.42 Å². The maximum absolute atomic E-state index is 11.7. The summed E-state index contributed by atoms with van der Waals surface area (Å²) < 4.78 is 23.5. The highest BCUT2D eigenvalue weighted by Crippen LogP contribution is 2.19. The maximum atomic E-state index is 11.7. The van der Waals surface area contributed by atoms with Gasteiger partial charge in [-0.3, -0.25) is 0 Å². The molecule has 0 atom stereocenters. The molecule has 0 aromatic heterocycles. The predicted octanol–water partition coefficient (Wildman–Crippen LogP) is 2.26. The normalized spacial score (nSPS) is 10.7. The Morgan fingerprint density at radius 1 is 1.27 bits per heavy atom. The van der Waals surface area contributed by atoms with E-state index in [4.69, 9.17) is 5.73 Å². The maximum Gasteiger partial charge on any atom is 0.180 e. The minimum absolute atomic E-state index is 0. The van der Waals surface area contributed by atoms with Crippen molar-refractivity contribution in [3.8, 4) is 0 Å². The summed E-state index contributed by atoms with van der Waals surface area (Å²) in [4.78, 5) is 0.258. The van der Waals surface area contributed by atoms with Gasteiger partial charge in [-0.2, -0.15) is 0 Å². The van der Waals surface area contributed by atoms with Gasteiger partial charge in [0.05, 0.1) is 16.3 Å². The van der Waals surface area contributed by atoms with E-state index in [0.717, 1.165) is 6.42 Å². The van der Waals surface area contributed by atoms with Crippen molar-refractivity contribution in [2.75, 3.05) is 11.5 Å². The third-order valence-corrected chi connectivity index (χ3v) is 3.89. The number of rotatable bonds is 4. The first-order valence-corrected chi connectivity index (χ1v) is 6.30. The molecule has 86 valence electrons. The number of hydrogen-bond acceptors (Lipinski definition) is 3. The van der Waals surface area contributed by atoms with Gasteiger partial charge in [-0.1, -0.05) is 25.5 Å². The van der Waals surface area contributed by atoms with Crippen LogP contribution in [0.15, 0.2) is 29.2 Å². The number of benzene rings is 1. The summed E-state index contributed by atoms with van der Waals surface area (Å²) in [5.41, 5.74) is 5.94. The SMILES string of the molecule is CCCCS(=O)(=O)c1ccccc1N.Cl. The summed E-state index contributed by atoms with van der Waals surface area (Å²) >= 11 is 0. The first kappa shape index (κ1) is 14.3. The number of anilines is 1. The molecule has 0 bridgehead atoms. The van der Waals surface area contributed by atoms with Crippen molar-refractivity contribution in [1.82, 2.24) is 0 Å². The summed E-state index contributed by atoms with van der Waals surface area (Å²) in [5.74, 6) is 0.178. The molecule has 0 saturated carbocycles. The van der Waals surface area contributed by atoms with Crippen LogP contribution >= 0.6 is 12.4 Å². The van der Waals surface area contributed by atoms with E-state index < -0.39 is 9.84 Å². The van der Waals surface area contributed by atoms with Crippen LogP contribution in [-0.2, 0) is 9.84 Å². The highest BCUT2D eigenvalue weighted by atomic mass is 35.5. The van der Waals surface area contributed by atoms with Crippen molar-refractivity contribution in [2.24, 2.45) is 0 Å². The van der Waals surface area contributed by atoms with Crippen LogP contribution in [-0.4, -0.2) is 14.2 Å². The fourth-order valence-corrected chi connectivity index (χ4v) is 2.81. The Morgan fingerprint density at radius 3 is 2.40 bits per heavy atom. The van der Waals surface area contributed by atoms with Gasteiger partial charge in [0.2, 0.25) is 0 Å². The summed E-state index contributed by atoms with van der Waals surface area (Å²) in [6.45, 7) is 1.96. The van der Waals surface area contributed by atoms with Crippen LogP contribution in [0, 0.1) is 0 Å². The molecule has 3 nitrogen and oxygen atoms in total. The summed E-state index contributed by atoms with van der Waals surface area (Å²) in [6.07, 6.45) is 1.54. The zero-order chi connectivity index (χ0) is 10.6. The van der Waals surface area contributed by atoms with Crippen molar-refractivity contribution in [2.45, 2.75) is 24.7 Å². The third kappa shape index (κ3) is 3.72. The minimum Gasteiger partial charge on any atom is -0.398 e. The van der Waals surface area contributed by atoms with E-state index in [2.05, 4.69) is 0 Å². The van der Waals surface area contributed by atoms with Gasteiger partial charge in [-0.05, 0) is 18.6 Å². The minimum atomic E-state index is -3.18. The summed E-state index contributed by atoms with van der Waals surface area (Å²) in [7, 11) is -3.18. The Labute approximate surface area is 97.0 Å². The average molecular weight is 250 g/mol. The average Bonchev–Trinajstić information content (AvgIpc) is 2.15. The largest absolute Gasteiger partial charge is 0.398 e.